The van der Waals surface area contributed by atoms with Gasteiger partial charge in [-0.05, 0) is 137 Å². The van der Waals surface area contributed by atoms with Crippen LogP contribution in [0, 0.1) is 41.4 Å². The molecule has 5 aliphatic carbocycles. The zero-order valence-electron chi connectivity index (χ0n) is 21.2. The Labute approximate surface area is 204 Å². The zero-order chi connectivity index (χ0) is 22.9. The van der Waals surface area contributed by atoms with E-state index in [1.165, 1.54) is 45.3 Å². The van der Waals surface area contributed by atoms with Gasteiger partial charge in [0.2, 0.25) is 0 Å². The van der Waals surface area contributed by atoms with E-state index < -0.39 is 0 Å². The van der Waals surface area contributed by atoms with Crippen LogP contribution in [0.15, 0.2) is 18.3 Å². The Morgan fingerprint density at radius 1 is 0.941 bits per heavy atom. The highest BCUT2D eigenvalue weighted by Crippen LogP contribution is 2.63. The molecule has 0 N–H and O–H groups in total. The Morgan fingerprint density at radius 2 is 1.65 bits per heavy atom. The average molecular weight is 460 g/mol. The van der Waals surface area contributed by atoms with E-state index in [0.717, 1.165) is 52.7 Å². The van der Waals surface area contributed by atoms with Crippen LogP contribution >= 0.6 is 0 Å². The molecule has 5 nitrogen and oxygen atoms in total. The molecule has 6 aliphatic rings. The molecule has 3 heterocycles. The first kappa shape index (κ1) is 21.5. The van der Waals surface area contributed by atoms with Crippen LogP contribution in [0.2, 0.25) is 0 Å². The second kappa shape index (κ2) is 7.88. The molecular weight excluding hydrogens is 418 g/mol. The summed E-state index contributed by atoms with van der Waals surface area (Å²) >= 11 is 0. The largest absolute Gasteiger partial charge is 0.303 e. The summed E-state index contributed by atoms with van der Waals surface area (Å²) in [6, 6.07) is 4.30. The summed E-state index contributed by atoms with van der Waals surface area (Å²) in [5.74, 6) is 4.17. The molecule has 1 aliphatic heterocycles. The molecule has 1 unspecified atom stereocenters. The Kier molecular flexibility index (Phi) is 4.99. The maximum atomic E-state index is 4.56. The SMILES string of the molecule is Cc1nn(C)cc1-c1ccc(CCC2CC23CCN(CC24CC5CC(CC(C5)C2)C4)CC3)nn1. The molecule has 0 radical (unpaired) electrons. The summed E-state index contributed by atoms with van der Waals surface area (Å²) in [6.07, 6.45) is 18.1. The number of aryl methyl sites for hydroxylation is 3. The molecule has 2 aromatic heterocycles. The van der Waals surface area contributed by atoms with E-state index in [9.17, 15) is 0 Å². The normalized spacial score (nSPS) is 35.8. The quantitative estimate of drug-likeness (QED) is 0.577. The van der Waals surface area contributed by atoms with Crippen molar-refractivity contribution in [1.82, 2.24) is 24.9 Å². The number of nitrogens with zero attached hydrogens (tertiary/aromatic N) is 5. The van der Waals surface area contributed by atoms with Crippen molar-refractivity contribution in [3.05, 3.63) is 29.7 Å². The smallest absolute Gasteiger partial charge is 0.0964 e. The molecule has 1 atom stereocenters. The zero-order valence-corrected chi connectivity index (χ0v) is 21.2. The van der Waals surface area contributed by atoms with Crippen molar-refractivity contribution in [2.45, 2.75) is 77.6 Å². The molecule has 0 aromatic carbocycles. The number of aromatic nitrogens is 4. The van der Waals surface area contributed by atoms with Gasteiger partial charge in [-0.1, -0.05) is 0 Å². The van der Waals surface area contributed by atoms with Crippen LogP contribution in [-0.4, -0.2) is 44.5 Å². The molecule has 182 valence electrons. The second-order valence-corrected chi connectivity index (χ2v) is 13.2. The number of hydrogen-bond acceptors (Lipinski definition) is 4. The minimum Gasteiger partial charge on any atom is -0.303 e. The Hall–Kier alpha value is -1.75. The minimum atomic E-state index is 0.665. The molecule has 5 saturated carbocycles. The van der Waals surface area contributed by atoms with E-state index in [1.807, 2.05) is 24.9 Å². The standard InChI is InChI=1S/C29H41N5/c1-20-26(18-33(2)32-20)27-6-5-25(30-31-27)4-3-24-17-29(24)7-9-34(10-8-29)19-28-14-21-11-22(15-28)13-23(12-21)16-28/h5-6,18,21-24H,3-4,7-17,19H2,1-2H3. The van der Waals surface area contributed by atoms with Crippen LogP contribution in [0.25, 0.3) is 11.3 Å². The van der Waals surface area contributed by atoms with Crippen LogP contribution in [0.4, 0.5) is 0 Å². The van der Waals surface area contributed by atoms with Crippen LogP contribution in [0.1, 0.15) is 75.6 Å². The molecule has 5 heteroatoms. The van der Waals surface area contributed by atoms with E-state index in [4.69, 9.17) is 0 Å². The van der Waals surface area contributed by atoms with Gasteiger partial charge >= 0.3 is 0 Å². The van der Waals surface area contributed by atoms with Gasteiger partial charge in [0.1, 0.15) is 0 Å². The lowest BCUT2D eigenvalue weighted by molar-refractivity contribution is -0.0732. The van der Waals surface area contributed by atoms with Crippen molar-refractivity contribution in [3.8, 4) is 11.3 Å². The van der Waals surface area contributed by atoms with Crippen molar-refractivity contribution < 1.29 is 0 Å². The number of likely N-dealkylation sites (tertiary alicyclic amines) is 1. The third-order valence-corrected chi connectivity index (χ3v) is 10.7. The molecule has 6 fully saturated rings. The summed E-state index contributed by atoms with van der Waals surface area (Å²) < 4.78 is 1.85. The van der Waals surface area contributed by atoms with E-state index in [0.29, 0.717) is 10.8 Å². The summed E-state index contributed by atoms with van der Waals surface area (Å²) in [7, 11) is 1.96. The molecule has 0 amide bonds. The third kappa shape index (κ3) is 3.83. The Balaban J connectivity index is 0.904. The molecule has 2 aromatic rings. The third-order valence-electron chi connectivity index (χ3n) is 10.7. The highest BCUT2D eigenvalue weighted by molar-refractivity contribution is 5.60. The lowest BCUT2D eigenvalue weighted by Gasteiger charge is -2.58. The summed E-state index contributed by atoms with van der Waals surface area (Å²) in [5.41, 5.74) is 5.55. The van der Waals surface area contributed by atoms with Gasteiger partial charge in [-0.3, -0.25) is 4.68 Å². The highest BCUT2D eigenvalue weighted by Gasteiger charge is 2.55. The van der Waals surface area contributed by atoms with Gasteiger partial charge in [0.05, 0.1) is 17.1 Å². The van der Waals surface area contributed by atoms with E-state index in [1.54, 1.807) is 38.5 Å². The maximum Gasteiger partial charge on any atom is 0.0964 e. The lowest BCUT2D eigenvalue weighted by atomic mass is 9.49. The van der Waals surface area contributed by atoms with Gasteiger partial charge in [0.25, 0.3) is 0 Å². The van der Waals surface area contributed by atoms with E-state index in [2.05, 4.69) is 32.3 Å². The number of rotatable bonds is 6. The van der Waals surface area contributed by atoms with Crippen molar-refractivity contribution in [2.24, 2.45) is 41.5 Å². The summed E-state index contributed by atoms with van der Waals surface area (Å²) in [5, 5.41) is 13.5. The molecule has 1 spiro atoms. The fourth-order valence-electron chi connectivity index (χ4n) is 9.38. The summed E-state index contributed by atoms with van der Waals surface area (Å²) in [6.45, 7) is 6.18. The minimum absolute atomic E-state index is 0.665. The topological polar surface area (TPSA) is 46.8 Å². The van der Waals surface area contributed by atoms with E-state index >= 15 is 0 Å². The van der Waals surface area contributed by atoms with Gasteiger partial charge in [0, 0.05) is 25.4 Å². The predicted octanol–water partition coefficient (Wildman–Crippen LogP) is 5.44. The van der Waals surface area contributed by atoms with Gasteiger partial charge in [0.15, 0.2) is 0 Å². The summed E-state index contributed by atoms with van der Waals surface area (Å²) in [4.78, 5) is 2.89. The van der Waals surface area contributed by atoms with E-state index in [-0.39, 0.29) is 0 Å². The Bertz CT molecular complexity index is 1010. The van der Waals surface area contributed by atoms with Crippen LogP contribution in [0.3, 0.4) is 0 Å². The van der Waals surface area contributed by atoms with Crippen molar-refractivity contribution in [2.75, 3.05) is 19.6 Å². The molecule has 1 saturated heterocycles. The van der Waals surface area contributed by atoms with Gasteiger partial charge in [-0.2, -0.15) is 15.3 Å². The number of hydrogen-bond donors (Lipinski definition) is 0. The van der Waals surface area contributed by atoms with Crippen LogP contribution in [0.5, 0.6) is 0 Å². The van der Waals surface area contributed by atoms with Crippen LogP contribution < -0.4 is 0 Å². The first-order chi connectivity index (χ1) is 16.5. The maximum absolute atomic E-state index is 4.56. The molecular formula is C29H41N5. The predicted molar refractivity (Wildman–Crippen MR) is 134 cm³/mol. The Morgan fingerprint density at radius 3 is 2.24 bits per heavy atom. The molecule has 34 heavy (non-hydrogen) atoms. The molecule has 4 bridgehead atoms. The first-order valence-electron chi connectivity index (χ1n) is 14.0. The second-order valence-electron chi connectivity index (χ2n) is 13.2. The lowest BCUT2D eigenvalue weighted by Crippen LogP contribution is -2.52. The monoisotopic (exact) mass is 459 g/mol. The fourth-order valence-corrected chi connectivity index (χ4v) is 9.38. The van der Waals surface area contributed by atoms with Crippen molar-refractivity contribution in [1.29, 1.82) is 0 Å². The van der Waals surface area contributed by atoms with Gasteiger partial charge < -0.3 is 4.90 Å². The number of piperidine rings is 1. The fraction of sp³-hybridized carbons (Fsp3) is 0.759. The average Bonchev–Trinajstić information content (AvgIpc) is 3.36. The van der Waals surface area contributed by atoms with Crippen molar-refractivity contribution in [3.63, 3.8) is 0 Å². The van der Waals surface area contributed by atoms with Crippen LogP contribution in [-0.2, 0) is 13.5 Å². The van der Waals surface area contributed by atoms with Crippen molar-refractivity contribution >= 4 is 0 Å². The van der Waals surface area contributed by atoms with Gasteiger partial charge in [-0.15, -0.1) is 0 Å². The van der Waals surface area contributed by atoms with Gasteiger partial charge in [-0.25, -0.2) is 0 Å². The highest BCUT2D eigenvalue weighted by atomic mass is 15.3. The first-order valence-corrected chi connectivity index (χ1v) is 14.0. The molecule has 8 rings (SSSR count).